The van der Waals surface area contributed by atoms with Gasteiger partial charge >= 0.3 is 0 Å². The van der Waals surface area contributed by atoms with Gasteiger partial charge in [0.05, 0.1) is 17.6 Å². The van der Waals surface area contributed by atoms with Gasteiger partial charge in [-0.05, 0) is 31.4 Å². The second-order valence-electron chi connectivity index (χ2n) is 5.11. The predicted molar refractivity (Wildman–Crippen MR) is 79.9 cm³/mol. The van der Waals surface area contributed by atoms with Crippen LogP contribution in [0.4, 0.5) is 0 Å². The van der Waals surface area contributed by atoms with E-state index in [1.807, 2.05) is 25.1 Å². The molecule has 0 saturated carbocycles. The fourth-order valence-electron chi connectivity index (χ4n) is 2.36. The number of nitrogens with two attached hydrogens (primary N) is 1. The molecule has 1 amide bonds. The van der Waals surface area contributed by atoms with Crippen LogP contribution in [0.1, 0.15) is 26.2 Å². The van der Waals surface area contributed by atoms with E-state index < -0.39 is 6.04 Å². The van der Waals surface area contributed by atoms with Crippen LogP contribution in [-0.4, -0.2) is 36.0 Å². The number of amides is 1. The highest BCUT2D eigenvalue weighted by molar-refractivity contribution is 6.32. The van der Waals surface area contributed by atoms with Crippen LogP contribution in [0.5, 0.6) is 5.75 Å². The fourth-order valence-corrected chi connectivity index (χ4v) is 2.54. The maximum absolute atomic E-state index is 12.1. The minimum Gasteiger partial charge on any atom is -0.487 e. The summed E-state index contributed by atoms with van der Waals surface area (Å²) in [6.45, 7) is 3.26. The molecule has 2 atom stereocenters. The van der Waals surface area contributed by atoms with Crippen molar-refractivity contribution in [3.63, 3.8) is 0 Å². The van der Waals surface area contributed by atoms with Gasteiger partial charge in [-0.2, -0.15) is 0 Å². The highest BCUT2D eigenvalue weighted by Crippen LogP contribution is 2.26. The van der Waals surface area contributed by atoms with Crippen molar-refractivity contribution in [3.05, 3.63) is 29.3 Å². The first kappa shape index (κ1) is 15.1. The van der Waals surface area contributed by atoms with Crippen molar-refractivity contribution >= 4 is 17.5 Å². The Labute approximate surface area is 124 Å². The summed E-state index contributed by atoms with van der Waals surface area (Å²) < 4.78 is 5.91. The Morgan fingerprint density at radius 2 is 2.30 bits per heavy atom. The average Bonchev–Trinajstić information content (AvgIpc) is 2.48. The number of halogens is 1. The molecule has 0 aliphatic carbocycles. The van der Waals surface area contributed by atoms with Crippen molar-refractivity contribution in [1.82, 2.24) is 4.90 Å². The van der Waals surface area contributed by atoms with E-state index in [0.29, 0.717) is 23.7 Å². The standard InChI is InChI=1S/C15H21ClN2O2/c1-2-13(17)15(19)18-9-5-6-11(10-18)20-14-8-4-3-7-12(14)16/h3-4,7-8,11,13H,2,5-6,9-10,17H2,1H3. The van der Waals surface area contributed by atoms with Gasteiger partial charge in [-0.1, -0.05) is 30.7 Å². The monoisotopic (exact) mass is 296 g/mol. The van der Waals surface area contributed by atoms with Crippen LogP contribution in [0.3, 0.4) is 0 Å². The summed E-state index contributed by atoms with van der Waals surface area (Å²) in [7, 11) is 0. The van der Waals surface area contributed by atoms with E-state index in [0.717, 1.165) is 19.4 Å². The van der Waals surface area contributed by atoms with Crippen molar-refractivity contribution in [3.8, 4) is 5.75 Å². The number of benzene rings is 1. The zero-order valence-corrected chi connectivity index (χ0v) is 12.5. The highest BCUT2D eigenvalue weighted by Gasteiger charge is 2.27. The first-order valence-corrected chi connectivity index (χ1v) is 7.45. The number of ether oxygens (including phenoxy) is 1. The first-order valence-electron chi connectivity index (χ1n) is 7.07. The molecule has 4 nitrogen and oxygen atoms in total. The molecule has 20 heavy (non-hydrogen) atoms. The SMILES string of the molecule is CCC(N)C(=O)N1CCCC(Oc2ccccc2Cl)C1. The summed E-state index contributed by atoms with van der Waals surface area (Å²) in [4.78, 5) is 13.9. The molecule has 0 radical (unpaired) electrons. The lowest BCUT2D eigenvalue weighted by Crippen LogP contribution is -2.50. The highest BCUT2D eigenvalue weighted by atomic mass is 35.5. The van der Waals surface area contributed by atoms with E-state index in [1.165, 1.54) is 0 Å². The van der Waals surface area contributed by atoms with Crippen LogP contribution in [0, 0.1) is 0 Å². The van der Waals surface area contributed by atoms with Gasteiger partial charge in [-0.3, -0.25) is 4.79 Å². The van der Waals surface area contributed by atoms with Gasteiger partial charge in [0.25, 0.3) is 0 Å². The number of hydrogen-bond donors (Lipinski definition) is 1. The molecule has 1 fully saturated rings. The Balaban J connectivity index is 1.97. The van der Waals surface area contributed by atoms with Crippen molar-refractivity contribution < 1.29 is 9.53 Å². The number of carbonyl (C=O) groups is 1. The van der Waals surface area contributed by atoms with E-state index in [4.69, 9.17) is 22.1 Å². The van der Waals surface area contributed by atoms with Gasteiger partial charge < -0.3 is 15.4 Å². The summed E-state index contributed by atoms with van der Waals surface area (Å²) in [5.41, 5.74) is 5.82. The lowest BCUT2D eigenvalue weighted by molar-refractivity contribution is -0.135. The van der Waals surface area contributed by atoms with Gasteiger partial charge in [-0.25, -0.2) is 0 Å². The lowest BCUT2D eigenvalue weighted by atomic mass is 10.1. The summed E-state index contributed by atoms with van der Waals surface area (Å²) in [6.07, 6.45) is 2.50. The Morgan fingerprint density at radius 3 is 3.00 bits per heavy atom. The largest absolute Gasteiger partial charge is 0.487 e. The molecular formula is C15H21ClN2O2. The number of piperidine rings is 1. The molecule has 0 spiro atoms. The number of nitrogens with zero attached hydrogens (tertiary/aromatic N) is 1. The van der Waals surface area contributed by atoms with E-state index in [-0.39, 0.29) is 12.0 Å². The van der Waals surface area contributed by atoms with Crippen LogP contribution < -0.4 is 10.5 Å². The molecule has 1 aliphatic heterocycles. The molecule has 0 aromatic heterocycles. The molecule has 2 rings (SSSR count). The minimum absolute atomic E-state index is 0.0139. The number of hydrogen-bond acceptors (Lipinski definition) is 3. The molecule has 1 aromatic carbocycles. The van der Waals surface area contributed by atoms with Crippen LogP contribution >= 0.6 is 11.6 Å². The van der Waals surface area contributed by atoms with E-state index in [9.17, 15) is 4.79 Å². The van der Waals surface area contributed by atoms with Crippen LogP contribution in [-0.2, 0) is 4.79 Å². The third kappa shape index (κ3) is 3.64. The number of carbonyl (C=O) groups excluding carboxylic acids is 1. The number of rotatable bonds is 4. The molecule has 0 bridgehead atoms. The topological polar surface area (TPSA) is 55.6 Å². The van der Waals surface area contributed by atoms with E-state index in [2.05, 4.69) is 0 Å². The molecule has 2 unspecified atom stereocenters. The van der Waals surface area contributed by atoms with E-state index in [1.54, 1.807) is 11.0 Å². The summed E-state index contributed by atoms with van der Waals surface area (Å²) >= 11 is 6.09. The predicted octanol–water partition coefficient (Wildman–Crippen LogP) is 2.45. The average molecular weight is 297 g/mol. The van der Waals surface area contributed by atoms with Crippen molar-refractivity contribution in [1.29, 1.82) is 0 Å². The van der Waals surface area contributed by atoms with Gasteiger partial charge in [0, 0.05) is 6.54 Å². The Kier molecular flexibility index (Phi) is 5.26. The summed E-state index contributed by atoms with van der Waals surface area (Å²) in [5, 5.41) is 0.598. The zero-order chi connectivity index (χ0) is 14.5. The normalized spacial score (nSPS) is 20.6. The molecule has 2 N–H and O–H groups in total. The molecular weight excluding hydrogens is 276 g/mol. The molecule has 110 valence electrons. The maximum atomic E-state index is 12.1. The second-order valence-corrected chi connectivity index (χ2v) is 5.52. The van der Waals surface area contributed by atoms with Gasteiger partial charge in [0.1, 0.15) is 11.9 Å². The van der Waals surface area contributed by atoms with Crippen molar-refractivity contribution in [2.75, 3.05) is 13.1 Å². The first-order chi connectivity index (χ1) is 9.61. The Hall–Kier alpha value is -1.26. The molecule has 1 saturated heterocycles. The van der Waals surface area contributed by atoms with Crippen LogP contribution in [0.2, 0.25) is 5.02 Å². The molecule has 1 aromatic rings. The Morgan fingerprint density at radius 1 is 1.55 bits per heavy atom. The van der Waals surface area contributed by atoms with Crippen molar-refractivity contribution in [2.24, 2.45) is 5.73 Å². The molecule has 5 heteroatoms. The van der Waals surface area contributed by atoms with Gasteiger partial charge in [-0.15, -0.1) is 0 Å². The molecule has 1 aliphatic rings. The van der Waals surface area contributed by atoms with Crippen LogP contribution in [0.25, 0.3) is 0 Å². The van der Waals surface area contributed by atoms with Crippen LogP contribution in [0.15, 0.2) is 24.3 Å². The smallest absolute Gasteiger partial charge is 0.239 e. The second kappa shape index (κ2) is 6.95. The third-order valence-corrected chi connectivity index (χ3v) is 3.89. The fraction of sp³-hybridized carbons (Fsp3) is 0.533. The number of para-hydroxylation sites is 1. The Bertz CT molecular complexity index is 467. The zero-order valence-electron chi connectivity index (χ0n) is 11.7. The van der Waals surface area contributed by atoms with Gasteiger partial charge in [0.15, 0.2) is 0 Å². The lowest BCUT2D eigenvalue weighted by Gasteiger charge is -2.34. The van der Waals surface area contributed by atoms with Gasteiger partial charge in [0.2, 0.25) is 5.91 Å². The maximum Gasteiger partial charge on any atom is 0.239 e. The molecule has 1 heterocycles. The van der Waals surface area contributed by atoms with Crippen molar-refractivity contribution in [2.45, 2.75) is 38.3 Å². The summed E-state index contributed by atoms with van der Waals surface area (Å²) in [6, 6.07) is 7.00. The summed E-state index contributed by atoms with van der Waals surface area (Å²) in [5.74, 6) is 0.688. The van der Waals surface area contributed by atoms with E-state index >= 15 is 0 Å². The number of likely N-dealkylation sites (tertiary alicyclic amines) is 1. The minimum atomic E-state index is -0.408. The third-order valence-electron chi connectivity index (χ3n) is 3.58. The quantitative estimate of drug-likeness (QED) is 0.928.